The number of unbranched alkanes of at least 4 members (excludes halogenated alkanes) is 2. The lowest BCUT2D eigenvalue weighted by molar-refractivity contribution is -0.108. The molecule has 0 aromatic carbocycles. The Labute approximate surface area is 131 Å². The molecule has 3 unspecified atom stereocenters. The van der Waals surface area contributed by atoms with E-state index in [2.05, 4.69) is 6.92 Å². The molecule has 0 amide bonds. The molecule has 2 rings (SSSR count). The van der Waals surface area contributed by atoms with Gasteiger partial charge in [-0.3, -0.25) is 0 Å². The first-order valence-electron chi connectivity index (χ1n) is 10.8. The van der Waals surface area contributed by atoms with Crippen molar-refractivity contribution < 1.29 is 10.3 Å². The van der Waals surface area contributed by atoms with Crippen molar-refractivity contribution in [3.8, 4) is 0 Å². The lowest BCUT2D eigenvalue weighted by atomic mass is 9.68. The fraction of sp³-hybridized carbons (Fsp3) is 0.947. The topological polar surface area (TPSA) is 17.1 Å². The van der Waals surface area contributed by atoms with Crippen LogP contribution in [0, 0.1) is 23.6 Å². The van der Waals surface area contributed by atoms with Crippen LogP contribution in [0.2, 0.25) is 0 Å². The average molecular weight is 283 g/mol. The molecule has 0 N–H and O–H groups in total. The van der Waals surface area contributed by atoms with E-state index in [-0.39, 0.29) is 12.3 Å². The predicted molar refractivity (Wildman–Crippen MR) is 85.7 cm³/mol. The molecule has 3 atom stereocenters. The Morgan fingerprint density at radius 2 is 1.85 bits per heavy atom. The van der Waals surface area contributed by atoms with Crippen LogP contribution < -0.4 is 0 Å². The molecular formula is C19H34O. The highest BCUT2D eigenvalue weighted by Crippen LogP contribution is 2.42. The molecule has 0 radical (unpaired) electrons. The molecule has 20 heavy (non-hydrogen) atoms. The zero-order chi connectivity index (χ0) is 17.8. The largest absolute Gasteiger partial charge is 0.303 e. The van der Waals surface area contributed by atoms with Crippen molar-refractivity contribution >= 4 is 6.29 Å². The van der Waals surface area contributed by atoms with Gasteiger partial charge in [0.25, 0.3) is 0 Å². The standard InChI is InChI=1S/C19H34O/c1-2-3-4-5-16-6-10-18(11-7-16)19-12-8-17(9-13-19)14-15-20/h15-19H,2-14H2,1H3/i8D2,12D,17D. The minimum atomic E-state index is -1.89. The van der Waals surface area contributed by atoms with E-state index in [0.717, 1.165) is 25.2 Å². The molecule has 1 nitrogen and oxygen atoms in total. The van der Waals surface area contributed by atoms with E-state index in [4.69, 9.17) is 5.48 Å². The molecule has 0 aromatic rings. The van der Waals surface area contributed by atoms with Gasteiger partial charge in [0.1, 0.15) is 6.29 Å². The number of carbonyl (C=O) groups excluding carboxylic acids is 1. The van der Waals surface area contributed by atoms with E-state index in [0.29, 0.717) is 18.6 Å². The Bertz CT molecular complexity index is 406. The summed E-state index contributed by atoms with van der Waals surface area (Å²) >= 11 is 0. The van der Waals surface area contributed by atoms with Crippen LogP contribution in [0.25, 0.3) is 0 Å². The van der Waals surface area contributed by atoms with Crippen LogP contribution in [0.1, 0.15) is 95.8 Å². The highest BCUT2D eigenvalue weighted by atomic mass is 16.1. The average Bonchev–Trinajstić information content (AvgIpc) is 2.55. The van der Waals surface area contributed by atoms with Crippen LogP contribution in [0.3, 0.4) is 0 Å². The zero-order valence-electron chi connectivity index (χ0n) is 17.1. The Balaban J connectivity index is 1.91. The van der Waals surface area contributed by atoms with Gasteiger partial charge in [0, 0.05) is 11.9 Å². The van der Waals surface area contributed by atoms with Gasteiger partial charge >= 0.3 is 0 Å². The maximum Gasteiger partial charge on any atom is 0.120 e. The quantitative estimate of drug-likeness (QED) is 0.428. The van der Waals surface area contributed by atoms with Crippen LogP contribution >= 0.6 is 0 Å². The summed E-state index contributed by atoms with van der Waals surface area (Å²) in [6.07, 6.45) is 8.86. The third kappa shape index (κ3) is 4.90. The summed E-state index contributed by atoms with van der Waals surface area (Å²) in [5.41, 5.74) is 0. The SMILES string of the molecule is [2H]C1C(C2CCC(CCCCC)CC2)CCC([2H])(CC=O)C1([2H])[2H]. The van der Waals surface area contributed by atoms with E-state index in [1.807, 2.05) is 0 Å². The number of aldehydes is 1. The van der Waals surface area contributed by atoms with Crippen molar-refractivity contribution in [3.05, 3.63) is 0 Å². The first-order valence-corrected chi connectivity index (χ1v) is 8.71. The van der Waals surface area contributed by atoms with Gasteiger partial charge in [-0.2, -0.15) is 0 Å². The first-order chi connectivity index (χ1) is 11.4. The summed E-state index contributed by atoms with van der Waals surface area (Å²) in [4.78, 5) is 10.9. The molecule has 1 heteroatoms. The van der Waals surface area contributed by atoms with Crippen LogP contribution in [-0.2, 0) is 4.79 Å². The van der Waals surface area contributed by atoms with Crippen molar-refractivity contribution in [2.24, 2.45) is 23.6 Å². The summed E-state index contributed by atoms with van der Waals surface area (Å²) in [7, 11) is 0. The summed E-state index contributed by atoms with van der Waals surface area (Å²) < 4.78 is 33.5. The Kier molecular flexibility index (Phi) is 4.98. The van der Waals surface area contributed by atoms with E-state index in [1.54, 1.807) is 0 Å². The van der Waals surface area contributed by atoms with E-state index >= 15 is 0 Å². The minimum Gasteiger partial charge on any atom is -0.303 e. The van der Waals surface area contributed by atoms with Crippen molar-refractivity contribution in [1.29, 1.82) is 0 Å². The summed E-state index contributed by atoms with van der Waals surface area (Å²) in [6, 6.07) is 0. The van der Waals surface area contributed by atoms with Crippen molar-refractivity contribution in [2.45, 2.75) is 90.3 Å². The predicted octanol–water partition coefficient (Wildman–Crippen LogP) is 5.77. The van der Waals surface area contributed by atoms with Gasteiger partial charge in [0.15, 0.2) is 0 Å². The third-order valence-corrected chi connectivity index (χ3v) is 5.32. The van der Waals surface area contributed by atoms with E-state index < -0.39 is 18.7 Å². The van der Waals surface area contributed by atoms with Gasteiger partial charge in [-0.15, -0.1) is 0 Å². The number of hydrogen-bond acceptors (Lipinski definition) is 1. The maximum atomic E-state index is 10.9. The second kappa shape index (κ2) is 8.85. The van der Waals surface area contributed by atoms with Crippen molar-refractivity contribution in [2.75, 3.05) is 0 Å². The molecule has 2 fully saturated rings. The molecule has 0 aromatic heterocycles. The van der Waals surface area contributed by atoms with E-state index in [9.17, 15) is 4.79 Å². The Morgan fingerprint density at radius 1 is 1.10 bits per heavy atom. The fourth-order valence-electron chi connectivity index (χ4n) is 3.94. The molecule has 0 spiro atoms. The number of rotatable bonds is 7. The second-order valence-electron chi connectivity index (χ2n) is 6.76. The third-order valence-electron chi connectivity index (χ3n) is 5.32. The molecular weight excluding hydrogens is 244 g/mol. The van der Waals surface area contributed by atoms with Crippen molar-refractivity contribution in [1.82, 2.24) is 0 Å². The van der Waals surface area contributed by atoms with Crippen molar-refractivity contribution in [3.63, 3.8) is 0 Å². The second-order valence-corrected chi connectivity index (χ2v) is 6.76. The summed E-state index contributed by atoms with van der Waals surface area (Å²) in [5, 5.41) is 0. The van der Waals surface area contributed by atoms with Crippen LogP contribution in [0.5, 0.6) is 0 Å². The molecule has 0 bridgehead atoms. The zero-order valence-corrected chi connectivity index (χ0v) is 13.1. The summed E-state index contributed by atoms with van der Waals surface area (Å²) in [6.45, 7) is 2.24. The lowest BCUT2D eigenvalue weighted by Gasteiger charge is -2.37. The smallest absolute Gasteiger partial charge is 0.120 e. The highest BCUT2D eigenvalue weighted by Gasteiger charge is 2.30. The number of hydrogen-bond donors (Lipinski definition) is 0. The van der Waals surface area contributed by atoms with Gasteiger partial charge in [0.05, 0.1) is 0 Å². The van der Waals surface area contributed by atoms with Gasteiger partial charge in [-0.1, -0.05) is 45.4 Å². The fourth-order valence-corrected chi connectivity index (χ4v) is 3.94. The van der Waals surface area contributed by atoms with Gasteiger partial charge in [-0.05, 0) is 62.1 Å². The molecule has 2 saturated carbocycles. The normalized spacial score (nSPS) is 47.6. The van der Waals surface area contributed by atoms with Crippen LogP contribution in [0.4, 0.5) is 0 Å². The van der Waals surface area contributed by atoms with E-state index in [1.165, 1.54) is 38.5 Å². The van der Waals surface area contributed by atoms with Crippen LogP contribution in [-0.4, -0.2) is 6.29 Å². The summed E-state index contributed by atoms with van der Waals surface area (Å²) in [5.74, 6) is -0.0928. The molecule has 116 valence electrons. The minimum absolute atomic E-state index is 0.0571. The molecule has 2 aliphatic carbocycles. The monoisotopic (exact) mass is 282 g/mol. The molecule has 0 aliphatic heterocycles. The van der Waals surface area contributed by atoms with Gasteiger partial charge < -0.3 is 4.79 Å². The Hall–Kier alpha value is -0.330. The Morgan fingerprint density at radius 3 is 2.55 bits per heavy atom. The first kappa shape index (κ1) is 11.3. The number of carbonyl (C=O) groups is 1. The molecule has 2 aliphatic rings. The van der Waals surface area contributed by atoms with Crippen LogP contribution in [0.15, 0.2) is 0 Å². The molecule has 0 saturated heterocycles. The highest BCUT2D eigenvalue weighted by molar-refractivity contribution is 5.49. The lowest BCUT2D eigenvalue weighted by Crippen LogP contribution is -2.26. The van der Waals surface area contributed by atoms with Gasteiger partial charge in [-0.25, -0.2) is 0 Å². The molecule has 0 heterocycles. The van der Waals surface area contributed by atoms with Gasteiger partial charge in [0.2, 0.25) is 0 Å². The maximum absolute atomic E-state index is 10.9.